The van der Waals surface area contributed by atoms with Crippen molar-refractivity contribution in [3.8, 4) is 0 Å². The van der Waals surface area contributed by atoms with Gasteiger partial charge in [-0.05, 0) is 55.8 Å². The first-order chi connectivity index (χ1) is 16.8. The number of aliphatic carboxylic acids is 3. The number of carboxylic acid groups (broad SMARTS) is 3. The van der Waals surface area contributed by atoms with Gasteiger partial charge in [0.15, 0.2) is 5.96 Å². The SMILES string of the molecule is CC(=O)Cl.N=C(N)NCCCC(N)C(=O)O.NC(Cc1ccccc1)C(=O)O.O=C(O)[C@@H]1CCCN1. The third-order valence-electron chi connectivity index (χ3n) is 4.30. The molecule has 1 heterocycles. The summed E-state index contributed by atoms with van der Waals surface area (Å²) in [5, 5.41) is 37.1. The van der Waals surface area contributed by atoms with E-state index >= 15 is 0 Å². The molecule has 0 aromatic heterocycles. The van der Waals surface area contributed by atoms with E-state index in [1.165, 1.54) is 6.92 Å². The Morgan fingerprint density at radius 1 is 1.11 bits per heavy atom. The molecule has 0 spiro atoms. The van der Waals surface area contributed by atoms with Gasteiger partial charge in [0.25, 0.3) is 0 Å². The van der Waals surface area contributed by atoms with Gasteiger partial charge in [0.05, 0.1) is 0 Å². The van der Waals surface area contributed by atoms with Crippen LogP contribution in [-0.4, -0.2) is 75.6 Å². The Morgan fingerprint density at radius 2 is 1.64 bits per heavy atom. The first-order valence-electron chi connectivity index (χ1n) is 11.0. The molecule has 0 aliphatic carbocycles. The number of guanidine groups is 1. The number of carbonyl (C=O) groups excluding carboxylic acids is 1. The van der Waals surface area contributed by atoms with Crippen molar-refractivity contribution in [1.82, 2.24) is 10.6 Å². The van der Waals surface area contributed by atoms with Gasteiger partial charge < -0.3 is 43.2 Å². The van der Waals surface area contributed by atoms with Crippen LogP contribution in [0.3, 0.4) is 0 Å². The zero-order valence-electron chi connectivity index (χ0n) is 20.2. The highest BCUT2D eigenvalue weighted by atomic mass is 35.5. The topological polar surface area (TPSA) is 255 Å². The number of rotatable bonds is 9. The fourth-order valence-electron chi connectivity index (χ4n) is 2.52. The van der Waals surface area contributed by atoms with E-state index < -0.39 is 30.0 Å². The fourth-order valence-corrected chi connectivity index (χ4v) is 2.52. The molecule has 0 amide bonds. The molecule has 1 aliphatic rings. The summed E-state index contributed by atoms with van der Waals surface area (Å²) in [5.41, 5.74) is 16.5. The molecule has 2 rings (SSSR count). The zero-order chi connectivity index (χ0) is 28.1. The van der Waals surface area contributed by atoms with Gasteiger partial charge in [0.2, 0.25) is 5.24 Å². The second-order valence-electron chi connectivity index (χ2n) is 7.52. The van der Waals surface area contributed by atoms with Crippen molar-refractivity contribution in [3.05, 3.63) is 35.9 Å². The molecule has 13 nitrogen and oxygen atoms in total. The summed E-state index contributed by atoms with van der Waals surface area (Å²) in [5.74, 6) is -2.79. The maximum absolute atomic E-state index is 10.4. The van der Waals surface area contributed by atoms with Crippen LogP contribution in [0.2, 0.25) is 0 Å². The Hall–Kier alpha value is -3.26. The summed E-state index contributed by atoms with van der Waals surface area (Å²) in [4.78, 5) is 39.9. The molecule has 1 aromatic rings. The Morgan fingerprint density at radius 3 is 2.00 bits per heavy atom. The van der Waals surface area contributed by atoms with Crippen LogP contribution in [0.4, 0.5) is 0 Å². The third kappa shape index (κ3) is 22.5. The molecule has 36 heavy (non-hydrogen) atoms. The molecule has 12 N–H and O–H groups in total. The average molecular weight is 533 g/mol. The number of hydrogen-bond donors (Lipinski definition) is 9. The summed E-state index contributed by atoms with van der Waals surface area (Å²) < 4.78 is 0. The standard InChI is InChI=1S/C9H11NO2.C6H14N4O2.C5H9NO2.C2H3ClO/c10-8(9(11)12)6-7-4-2-1-3-5-7;7-4(5(11)12)2-1-3-10-6(8)9;7-5(8)4-2-1-3-6-4;1-2(3)4/h1-5,8H,6,10H2,(H,11,12);4H,1-3,7H2,(H,11,12)(H4,8,9,10);4,6H,1-3H2,(H,7,8);1H3/t;;4-;/m..0./s1. The van der Waals surface area contributed by atoms with Gasteiger partial charge in [-0.1, -0.05) is 30.3 Å². The lowest BCUT2D eigenvalue weighted by Crippen LogP contribution is -2.34. The molecule has 2 unspecified atom stereocenters. The van der Waals surface area contributed by atoms with Crippen LogP contribution >= 0.6 is 11.6 Å². The molecular formula is C22H37ClN6O7. The highest BCUT2D eigenvalue weighted by Crippen LogP contribution is 2.03. The summed E-state index contributed by atoms with van der Waals surface area (Å²) in [6, 6.07) is 7.45. The predicted octanol–water partition coefficient (Wildman–Crippen LogP) is -0.103. The van der Waals surface area contributed by atoms with Crippen LogP contribution in [0.25, 0.3) is 0 Å². The lowest BCUT2D eigenvalue weighted by molar-refractivity contribution is -0.139. The molecule has 0 bridgehead atoms. The van der Waals surface area contributed by atoms with E-state index in [-0.39, 0.29) is 17.2 Å². The van der Waals surface area contributed by atoms with Gasteiger partial charge in [-0.3, -0.25) is 24.6 Å². The van der Waals surface area contributed by atoms with Crippen LogP contribution in [0.1, 0.15) is 38.2 Å². The van der Waals surface area contributed by atoms with E-state index in [1.54, 1.807) is 0 Å². The quantitative estimate of drug-likeness (QED) is 0.0873. The lowest BCUT2D eigenvalue weighted by Gasteiger charge is -2.06. The van der Waals surface area contributed by atoms with E-state index in [0.29, 0.717) is 25.8 Å². The Bertz CT molecular complexity index is 803. The molecule has 0 radical (unpaired) electrons. The Labute approximate surface area is 214 Å². The number of carboxylic acids is 3. The highest BCUT2D eigenvalue weighted by molar-refractivity contribution is 6.62. The minimum absolute atomic E-state index is 0.112. The number of carbonyl (C=O) groups is 4. The second-order valence-corrected chi connectivity index (χ2v) is 8.05. The summed E-state index contributed by atoms with van der Waals surface area (Å²) >= 11 is 4.64. The highest BCUT2D eigenvalue weighted by Gasteiger charge is 2.20. The summed E-state index contributed by atoms with van der Waals surface area (Å²) in [6.45, 7) is 2.63. The monoisotopic (exact) mass is 532 g/mol. The minimum Gasteiger partial charge on any atom is -0.480 e. The maximum Gasteiger partial charge on any atom is 0.320 e. The van der Waals surface area contributed by atoms with Gasteiger partial charge in [-0.25, -0.2) is 0 Å². The van der Waals surface area contributed by atoms with Crippen molar-refractivity contribution in [3.63, 3.8) is 0 Å². The normalized spacial score (nSPS) is 15.2. The molecule has 14 heteroatoms. The lowest BCUT2D eigenvalue weighted by atomic mass is 10.1. The van der Waals surface area contributed by atoms with Crippen molar-refractivity contribution in [2.24, 2.45) is 17.2 Å². The van der Waals surface area contributed by atoms with Crippen LogP contribution in [-0.2, 0) is 25.6 Å². The smallest absolute Gasteiger partial charge is 0.320 e. The number of nitrogens with one attached hydrogen (secondary N) is 3. The number of benzene rings is 1. The summed E-state index contributed by atoms with van der Waals surface area (Å²) in [7, 11) is 0. The number of nitrogens with two attached hydrogens (primary N) is 3. The van der Waals surface area contributed by atoms with Crippen LogP contribution in [0, 0.1) is 5.41 Å². The van der Waals surface area contributed by atoms with E-state index in [4.69, 9.17) is 37.9 Å². The van der Waals surface area contributed by atoms with Gasteiger partial charge in [0.1, 0.15) is 18.1 Å². The minimum atomic E-state index is -1.00. The molecule has 204 valence electrons. The summed E-state index contributed by atoms with van der Waals surface area (Å²) in [6.07, 6.45) is 3.14. The molecule has 1 aliphatic heterocycles. The third-order valence-corrected chi connectivity index (χ3v) is 4.30. The van der Waals surface area contributed by atoms with Gasteiger partial charge in [-0.2, -0.15) is 0 Å². The van der Waals surface area contributed by atoms with Crippen molar-refractivity contribution in [2.75, 3.05) is 13.1 Å². The van der Waals surface area contributed by atoms with Gasteiger partial charge in [0, 0.05) is 13.5 Å². The van der Waals surface area contributed by atoms with Crippen LogP contribution < -0.4 is 27.8 Å². The maximum atomic E-state index is 10.4. The first kappa shape index (κ1) is 34.9. The number of hydrogen-bond acceptors (Lipinski definition) is 8. The predicted molar refractivity (Wildman–Crippen MR) is 136 cm³/mol. The number of halogens is 1. The molecule has 1 aromatic carbocycles. The van der Waals surface area contributed by atoms with E-state index in [9.17, 15) is 19.2 Å². The van der Waals surface area contributed by atoms with Crippen molar-refractivity contribution in [1.29, 1.82) is 5.41 Å². The van der Waals surface area contributed by atoms with Crippen LogP contribution in [0.5, 0.6) is 0 Å². The molecule has 0 saturated carbocycles. The Balaban J connectivity index is 0. The molecule has 1 saturated heterocycles. The van der Waals surface area contributed by atoms with Crippen molar-refractivity contribution >= 4 is 40.7 Å². The zero-order valence-corrected chi connectivity index (χ0v) is 20.9. The van der Waals surface area contributed by atoms with Gasteiger partial charge in [-0.15, -0.1) is 0 Å². The van der Waals surface area contributed by atoms with E-state index in [1.807, 2.05) is 30.3 Å². The Kier molecular flexibility index (Phi) is 20.4. The van der Waals surface area contributed by atoms with Crippen molar-refractivity contribution in [2.45, 2.75) is 57.2 Å². The molecule has 1 fully saturated rings. The average Bonchev–Trinajstić information content (AvgIpc) is 3.33. The second kappa shape index (κ2) is 21.1. The largest absolute Gasteiger partial charge is 0.480 e. The van der Waals surface area contributed by atoms with E-state index in [0.717, 1.165) is 24.9 Å². The van der Waals surface area contributed by atoms with Crippen LogP contribution in [0.15, 0.2) is 30.3 Å². The fraction of sp³-hybridized carbons (Fsp3) is 0.500. The van der Waals surface area contributed by atoms with E-state index in [2.05, 4.69) is 22.2 Å². The molecular weight excluding hydrogens is 496 g/mol. The molecule has 3 atom stereocenters. The first-order valence-corrected chi connectivity index (χ1v) is 11.4. The van der Waals surface area contributed by atoms with Gasteiger partial charge >= 0.3 is 17.9 Å². The van der Waals surface area contributed by atoms with Crippen molar-refractivity contribution < 1.29 is 34.5 Å².